The zero-order valence-electron chi connectivity index (χ0n) is 14.9. The Hall–Kier alpha value is -2.97. The number of aromatic nitrogens is 2. The number of hydrogen-bond acceptors (Lipinski definition) is 9. The molecule has 0 bridgehead atoms. The maximum atomic E-state index is 12.0. The first-order valence-corrected chi connectivity index (χ1v) is 10.2. The van der Waals surface area contributed by atoms with E-state index in [9.17, 15) is 23.8 Å². The van der Waals surface area contributed by atoms with Gasteiger partial charge in [0.1, 0.15) is 0 Å². The first kappa shape index (κ1) is 19.8. The zero-order valence-corrected chi connectivity index (χ0v) is 16.5. The molecule has 28 heavy (non-hydrogen) atoms. The normalized spacial score (nSPS) is 15.4. The lowest BCUT2D eigenvalue weighted by molar-refractivity contribution is -0.383. The molecule has 146 valence electrons. The van der Waals surface area contributed by atoms with Gasteiger partial charge in [-0.15, -0.1) is 0 Å². The van der Waals surface area contributed by atoms with Crippen molar-refractivity contribution >= 4 is 44.4 Å². The first-order chi connectivity index (χ1) is 13.0. The second-order valence-electron chi connectivity index (χ2n) is 6.72. The predicted octanol–water partition coefficient (Wildman–Crippen LogP) is 2.54. The van der Waals surface area contributed by atoms with Gasteiger partial charge < -0.3 is 10.2 Å². The van der Waals surface area contributed by atoms with Gasteiger partial charge in [0.05, 0.1) is 16.4 Å². The highest BCUT2D eigenvalue weighted by molar-refractivity contribution is 7.90. The van der Waals surface area contributed by atoms with E-state index in [2.05, 4.69) is 21.4 Å². The first-order valence-electron chi connectivity index (χ1n) is 7.98. The molecule has 0 saturated carbocycles. The highest BCUT2D eigenvalue weighted by Gasteiger charge is 2.44. The molecular formula is C16H15ClN6O4S. The summed E-state index contributed by atoms with van der Waals surface area (Å²) in [6, 6.07) is 8.42. The summed E-state index contributed by atoms with van der Waals surface area (Å²) >= 11 is 5.84. The van der Waals surface area contributed by atoms with Crippen LogP contribution in [0, 0.1) is 26.9 Å². The number of halogens is 1. The molecule has 1 aromatic carbocycles. The average Bonchev–Trinajstić information content (AvgIpc) is 2.59. The summed E-state index contributed by atoms with van der Waals surface area (Å²) < 4.78 is 24.0. The molecule has 0 atom stereocenters. The van der Waals surface area contributed by atoms with Crippen molar-refractivity contribution in [2.45, 2.75) is 12.1 Å². The van der Waals surface area contributed by atoms with Gasteiger partial charge in [-0.05, 0) is 31.2 Å². The zero-order chi connectivity index (χ0) is 20.7. The number of nitrogens with zero attached hydrogens (tertiary/aromatic N) is 5. The molecule has 1 aromatic heterocycles. The highest BCUT2D eigenvalue weighted by atomic mass is 35.5. The summed E-state index contributed by atoms with van der Waals surface area (Å²) in [5.41, 5.74) is -0.724. The lowest BCUT2D eigenvalue weighted by Crippen LogP contribution is -2.54. The molecule has 12 heteroatoms. The van der Waals surface area contributed by atoms with Crippen LogP contribution in [-0.2, 0) is 9.84 Å². The average molecular weight is 423 g/mol. The fourth-order valence-electron chi connectivity index (χ4n) is 2.75. The van der Waals surface area contributed by atoms with Crippen LogP contribution in [0.25, 0.3) is 0 Å². The third-order valence-electron chi connectivity index (χ3n) is 4.12. The predicted molar refractivity (Wildman–Crippen MR) is 102 cm³/mol. The molecule has 1 aliphatic heterocycles. The Labute approximate surface area is 165 Å². The summed E-state index contributed by atoms with van der Waals surface area (Å²) in [5.74, 6) is -0.409. The molecule has 0 radical (unpaired) electrons. The van der Waals surface area contributed by atoms with Gasteiger partial charge in [0.2, 0.25) is 21.5 Å². The van der Waals surface area contributed by atoms with Crippen LogP contribution in [0.3, 0.4) is 0 Å². The second kappa shape index (κ2) is 6.88. The maximum absolute atomic E-state index is 12.0. The topological polar surface area (TPSA) is 142 Å². The Morgan fingerprint density at radius 1 is 1.32 bits per heavy atom. The molecule has 2 heterocycles. The van der Waals surface area contributed by atoms with Crippen molar-refractivity contribution in [1.82, 2.24) is 9.97 Å². The van der Waals surface area contributed by atoms with Crippen LogP contribution < -0.4 is 10.2 Å². The second-order valence-corrected chi connectivity index (χ2v) is 9.06. The van der Waals surface area contributed by atoms with E-state index in [1.807, 2.05) is 0 Å². The summed E-state index contributed by atoms with van der Waals surface area (Å²) in [5, 5.41) is 23.6. The molecule has 0 aliphatic carbocycles. The van der Waals surface area contributed by atoms with E-state index in [1.165, 1.54) is 4.90 Å². The Bertz CT molecular complexity index is 1090. The van der Waals surface area contributed by atoms with Crippen LogP contribution in [-0.4, -0.2) is 42.7 Å². The van der Waals surface area contributed by atoms with Gasteiger partial charge in [0.15, 0.2) is 0 Å². The summed E-state index contributed by atoms with van der Waals surface area (Å²) in [7, 11) is -3.84. The minimum atomic E-state index is -3.84. The molecule has 1 fully saturated rings. The molecule has 2 aromatic rings. The summed E-state index contributed by atoms with van der Waals surface area (Å²) in [6.45, 7) is 2.08. The van der Waals surface area contributed by atoms with Crippen LogP contribution >= 0.6 is 11.6 Å². The number of anilines is 3. The van der Waals surface area contributed by atoms with Crippen molar-refractivity contribution in [3.63, 3.8) is 0 Å². The van der Waals surface area contributed by atoms with Gasteiger partial charge in [0.25, 0.3) is 5.16 Å². The van der Waals surface area contributed by atoms with Gasteiger partial charge in [-0.2, -0.15) is 15.2 Å². The lowest BCUT2D eigenvalue weighted by atomic mass is 9.84. The monoisotopic (exact) mass is 422 g/mol. The van der Waals surface area contributed by atoms with Crippen molar-refractivity contribution in [1.29, 1.82) is 5.26 Å². The summed E-state index contributed by atoms with van der Waals surface area (Å²) in [4.78, 5) is 20.3. The van der Waals surface area contributed by atoms with Crippen LogP contribution in [0.2, 0.25) is 5.02 Å². The minimum Gasteiger partial charge on any atom is -0.347 e. The van der Waals surface area contributed by atoms with E-state index in [4.69, 9.17) is 11.6 Å². The molecule has 0 spiro atoms. The fourth-order valence-corrected chi connectivity index (χ4v) is 3.39. The molecule has 1 saturated heterocycles. The largest absolute Gasteiger partial charge is 0.353 e. The Morgan fingerprint density at radius 2 is 1.93 bits per heavy atom. The number of hydrogen-bond donors (Lipinski definition) is 1. The molecule has 0 amide bonds. The van der Waals surface area contributed by atoms with Crippen LogP contribution in [0.15, 0.2) is 29.4 Å². The fraction of sp³-hybridized carbons (Fsp3) is 0.312. The third kappa shape index (κ3) is 3.83. The minimum absolute atomic E-state index is 0.149. The number of nitriles is 1. The third-order valence-corrected chi connectivity index (χ3v) is 5.21. The van der Waals surface area contributed by atoms with Gasteiger partial charge >= 0.3 is 5.69 Å². The van der Waals surface area contributed by atoms with Crippen molar-refractivity contribution in [3.05, 3.63) is 39.4 Å². The van der Waals surface area contributed by atoms with Crippen LogP contribution in [0.4, 0.5) is 23.0 Å². The molecule has 0 unspecified atom stereocenters. The van der Waals surface area contributed by atoms with Gasteiger partial charge in [-0.3, -0.25) is 10.1 Å². The number of nitrogens with one attached hydrogen (secondary N) is 1. The van der Waals surface area contributed by atoms with Crippen molar-refractivity contribution in [2.24, 2.45) is 5.41 Å². The number of benzene rings is 1. The van der Waals surface area contributed by atoms with Crippen molar-refractivity contribution in [2.75, 3.05) is 29.6 Å². The quantitative estimate of drug-likeness (QED) is 0.436. The maximum Gasteiger partial charge on any atom is 0.353 e. The molecule has 1 N–H and O–H groups in total. The Kier molecular flexibility index (Phi) is 4.86. The van der Waals surface area contributed by atoms with E-state index in [0.717, 1.165) is 6.26 Å². The molecule has 10 nitrogen and oxygen atoms in total. The van der Waals surface area contributed by atoms with Crippen molar-refractivity contribution < 1.29 is 13.3 Å². The van der Waals surface area contributed by atoms with E-state index in [1.54, 1.807) is 31.2 Å². The van der Waals surface area contributed by atoms with Gasteiger partial charge in [0, 0.05) is 30.1 Å². The van der Waals surface area contributed by atoms with Crippen LogP contribution in [0.5, 0.6) is 0 Å². The summed E-state index contributed by atoms with van der Waals surface area (Å²) in [6.07, 6.45) is 0.916. The Balaban J connectivity index is 2.14. The standard InChI is InChI=1S/C16H15ClN6O4S/c1-16(7-18)8-22(9-16)14-12(23(24)25)13(20-15(21-14)28(2,26)27)19-11-5-3-10(17)4-6-11/h3-6H,8-9H2,1-2H3,(H,19,20,21). The number of sulfone groups is 1. The van der Waals surface area contributed by atoms with Crippen molar-refractivity contribution in [3.8, 4) is 6.07 Å². The molecule has 3 rings (SSSR count). The Morgan fingerprint density at radius 3 is 2.43 bits per heavy atom. The van der Waals surface area contributed by atoms with E-state index in [0.29, 0.717) is 10.7 Å². The number of rotatable bonds is 5. The molecular weight excluding hydrogens is 408 g/mol. The van der Waals surface area contributed by atoms with E-state index >= 15 is 0 Å². The van der Waals surface area contributed by atoms with E-state index in [-0.39, 0.29) is 24.7 Å². The smallest absolute Gasteiger partial charge is 0.347 e. The SMILES string of the molecule is CC1(C#N)CN(c2nc(S(C)(=O)=O)nc(Nc3ccc(Cl)cc3)c2[N+](=O)[O-])C1. The number of nitro groups is 1. The van der Waals surface area contributed by atoms with Crippen LogP contribution in [0.1, 0.15) is 6.92 Å². The highest BCUT2D eigenvalue weighted by Crippen LogP contribution is 2.41. The van der Waals surface area contributed by atoms with Gasteiger partial charge in [-0.1, -0.05) is 11.6 Å². The van der Waals surface area contributed by atoms with E-state index < -0.39 is 31.0 Å². The molecule has 1 aliphatic rings. The lowest BCUT2D eigenvalue weighted by Gasteiger charge is -2.43. The van der Waals surface area contributed by atoms with Gasteiger partial charge in [-0.25, -0.2) is 8.42 Å².